The Balaban J connectivity index is 1.21. The van der Waals surface area contributed by atoms with Gasteiger partial charge in [-0.3, -0.25) is 19.2 Å². The molecule has 3 heterocycles. The normalized spacial score (nSPS) is 15.8. The average molecular weight is 538 g/mol. The van der Waals surface area contributed by atoms with Gasteiger partial charge in [0, 0.05) is 36.2 Å². The Hall–Kier alpha value is -4.86. The summed E-state index contributed by atoms with van der Waals surface area (Å²) in [6, 6.07) is 12.0. The zero-order valence-electron chi connectivity index (χ0n) is 22.1. The topological polar surface area (TPSA) is 132 Å². The molecule has 2 aromatic heterocycles. The van der Waals surface area contributed by atoms with Gasteiger partial charge in [0.1, 0.15) is 23.7 Å². The maximum absolute atomic E-state index is 13.5. The number of Topliss-reactive ketones (excluding diaryl/α,β-unsaturated/α-hetero) is 2. The van der Waals surface area contributed by atoms with Gasteiger partial charge in [0.25, 0.3) is 11.8 Å². The first-order valence-corrected chi connectivity index (χ1v) is 13.1. The van der Waals surface area contributed by atoms with Crippen LogP contribution in [0.2, 0.25) is 0 Å². The van der Waals surface area contributed by atoms with Crippen LogP contribution in [0.1, 0.15) is 78.5 Å². The standard InChI is InChI=1S/C30H27N5O5/c1-16-21(17(2)36)4-5-23-22(16)6-7-24(23)34-30(39)26-13-25(33-28-9-10-32-35(26)28)29(38)31-14-18-3-8-27-19(11-18)12-20(37)15-40-27/h3-5,8-11,13,24H,6-7,12,14-15H2,1-2H3,(H,31,38)(H,34,39)/t24-/m0/s1. The van der Waals surface area contributed by atoms with E-state index in [-0.39, 0.29) is 48.1 Å². The smallest absolute Gasteiger partial charge is 0.270 e. The van der Waals surface area contributed by atoms with Gasteiger partial charge in [0.15, 0.2) is 17.2 Å². The number of nitrogens with one attached hydrogen (secondary N) is 2. The number of amides is 2. The number of ketones is 2. The molecule has 1 atom stereocenters. The molecule has 6 rings (SSSR count). The van der Waals surface area contributed by atoms with Gasteiger partial charge in [-0.15, -0.1) is 0 Å². The van der Waals surface area contributed by atoms with Crippen molar-refractivity contribution in [2.75, 3.05) is 6.61 Å². The summed E-state index contributed by atoms with van der Waals surface area (Å²) in [5, 5.41) is 10.2. The molecule has 202 valence electrons. The Morgan fingerprint density at radius 2 is 1.95 bits per heavy atom. The monoisotopic (exact) mass is 537 g/mol. The summed E-state index contributed by atoms with van der Waals surface area (Å²) < 4.78 is 6.84. The van der Waals surface area contributed by atoms with Gasteiger partial charge < -0.3 is 15.4 Å². The molecular weight excluding hydrogens is 510 g/mol. The number of carbonyl (C=O) groups is 4. The lowest BCUT2D eigenvalue weighted by molar-refractivity contribution is -0.121. The second kappa shape index (κ2) is 10.0. The maximum atomic E-state index is 13.5. The van der Waals surface area contributed by atoms with Crippen molar-refractivity contribution < 1.29 is 23.9 Å². The SMILES string of the molecule is CC(=O)c1ccc2c(c1C)CC[C@@H]2NC(=O)c1cc(C(=O)NCc2ccc3c(c2)CC(=O)CO3)nc2ccnn12. The highest BCUT2D eigenvalue weighted by atomic mass is 16.5. The van der Waals surface area contributed by atoms with Gasteiger partial charge in [0.2, 0.25) is 0 Å². The van der Waals surface area contributed by atoms with Crippen LogP contribution >= 0.6 is 0 Å². The van der Waals surface area contributed by atoms with E-state index in [2.05, 4.69) is 20.7 Å². The molecule has 0 saturated carbocycles. The minimum atomic E-state index is -0.443. The minimum Gasteiger partial charge on any atom is -0.486 e. The van der Waals surface area contributed by atoms with Crippen molar-refractivity contribution >= 4 is 29.0 Å². The first-order chi connectivity index (χ1) is 19.3. The Bertz CT molecular complexity index is 1720. The molecule has 2 aromatic carbocycles. The molecule has 2 amide bonds. The van der Waals surface area contributed by atoms with Crippen molar-refractivity contribution in [1.29, 1.82) is 0 Å². The summed E-state index contributed by atoms with van der Waals surface area (Å²) in [6.07, 6.45) is 3.30. The summed E-state index contributed by atoms with van der Waals surface area (Å²) in [7, 11) is 0. The van der Waals surface area contributed by atoms with E-state index < -0.39 is 5.91 Å². The van der Waals surface area contributed by atoms with E-state index in [9.17, 15) is 19.2 Å². The zero-order chi connectivity index (χ0) is 28.0. The number of ether oxygens (including phenoxy) is 1. The minimum absolute atomic E-state index is 0.00911. The van der Waals surface area contributed by atoms with E-state index in [0.29, 0.717) is 29.8 Å². The molecule has 40 heavy (non-hydrogen) atoms. The number of aromatic nitrogens is 3. The fourth-order valence-electron chi connectivity index (χ4n) is 5.55. The second-order valence-corrected chi connectivity index (χ2v) is 10.2. The third kappa shape index (κ3) is 4.61. The number of fused-ring (bicyclic) bond motifs is 3. The predicted molar refractivity (Wildman–Crippen MR) is 145 cm³/mol. The molecule has 10 heteroatoms. The third-order valence-corrected chi connectivity index (χ3v) is 7.56. The largest absolute Gasteiger partial charge is 0.486 e. The summed E-state index contributed by atoms with van der Waals surface area (Å²) in [4.78, 5) is 54.6. The van der Waals surface area contributed by atoms with Crippen LogP contribution in [0.3, 0.4) is 0 Å². The lowest BCUT2D eigenvalue weighted by Crippen LogP contribution is -2.30. The Kier molecular flexibility index (Phi) is 6.37. The number of hydrogen-bond acceptors (Lipinski definition) is 7. The summed E-state index contributed by atoms with van der Waals surface area (Å²) >= 11 is 0. The molecule has 2 aliphatic rings. The molecule has 0 bridgehead atoms. The van der Waals surface area contributed by atoms with Gasteiger partial charge in [-0.1, -0.05) is 18.2 Å². The van der Waals surface area contributed by atoms with Crippen molar-refractivity contribution in [2.45, 2.75) is 45.7 Å². The van der Waals surface area contributed by atoms with Crippen LogP contribution in [0.25, 0.3) is 5.65 Å². The molecule has 0 radical (unpaired) electrons. The highest BCUT2D eigenvalue weighted by Crippen LogP contribution is 2.35. The Labute approximate surface area is 229 Å². The van der Waals surface area contributed by atoms with Crippen LogP contribution in [0.4, 0.5) is 0 Å². The van der Waals surface area contributed by atoms with Gasteiger partial charge in [-0.2, -0.15) is 5.10 Å². The molecule has 10 nitrogen and oxygen atoms in total. The van der Waals surface area contributed by atoms with Gasteiger partial charge in [-0.25, -0.2) is 9.50 Å². The van der Waals surface area contributed by atoms with Crippen LogP contribution in [0.5, 0.6) is 5.75 Å². The van der Waals surface area contributed by atoms with Crippen LogP contribution in [-0.4, -0.2) is 44.6 Å². The van der Waals surface area contributed by atoms with E-state index in [4.69, 9.17) is 4.74 Å². The lowest BCUT2D eigenvalue weighted by Gasteiger charge is -2.17. The highest BCUT2D eigenvalue weighted by molar-refractivity contribution is 5.99. The quantitative estimate of drug-likeness (QED) is 0.361. The zero-order valence-corrected chi connectivity index (χ0v) is 22.1. The van der Waals surface area contributed by atoms with Crippen molar-refractivity contribution in [3.63, 3.8) is 0 Å². The predicted octanol–water partition coefficient (Wildman–Crippen LogP) is 3.09. The number of carbonyl (C=O) groups excluding carboxylic acids is 4. The summed E-state index contributed by atoms with van der Waals surface area (Å²) in [6.45, 7) is 3.79. The fraction of sp³-hybridized carbons (Fsp3) is 0.267. The molecule has 4 aromatic rings. The number of rotatable bonds is 6. The number of hydrogen-bond donors (Lipinski definition) is 2. The van der Waals surface area contributed by atoms with Crippen molar-refractivity contribution in [3.05, 3.63) is 93.4 Å². The molecular formula is C30H27N5O5. The van der Waals surface area contributed by atoms with E-state index in [1.54, 1.807) is 19.1 Å². The lowest BCUT2D eigenvalue weighted by atomic mass is 9.96. The van der Waals surface area contributed by atoms with Crippen molar-refractivity contribution in [2.24, 2.45) is 0 Å². The Morgan fingerprint density at radius 3 is 2.77 bits per heavy atom. The van der Waals surface area contributed by atoms with Crippen LogP contribution in [0, 0.1) is 6.92 Å². The molecule has 1 aliphatic carbocycles. The number of nitrogens with zero attached hydrogens (tertiary/aromatic N) is 3. The molecule has 0 saturated heterocycles. The molecule has 2 N–H and O–H groups in total. The Morgan fingerprint density at radius 1 is 1.10 bits per heavy atom. The summed E-state index contributed by atoms with van der Waals surface area (Å²) in [5.74, 6) is -0.114. The third-order valence-electron chi connectivity index (χ3n) is 7.56. The van der Waals surface area contributed by atoms with E-state index >= 15 is 0 Å². The van der Waals surface area contributed by atoms with Crippen molar-refractivity contribution in [3.8, 4) is 5.75 Å². The second-order valence-electron chi connectivity index (χ2n) is 10.2. The summed E-state index contributed by atoms with van der Waals surface area (Å²) in [5.41, 5.74) is 6.00. The number of benzene rings is 2. The maximum Gasteiger partial charge on any atom is 0.270 e. The van der Waals surface area contributed by atoms with Crippen LogP contribution in [0.15, 0.2) is 48.7 Å². The van der Waals surface area contributed by atoms with E-state index in [0.717, 1.165) is 34.2 Å². The average Bonchev–Trinajstić information content (AvgIpc) is 3.58. The van der Waals surface area contributed by atoms with Crippen LogP contribution in [-0.2, 0) is 24.2 Å². The van der Waals surface area contributed by atoms with Crippen molar-refractivity contribution in [1.82, 2.24) is 25.2 Å². The fourth-order valence-corrected chi connectivity index (χ4v) is 5.55. The van der Waals surface area contributed by atoms with Gasteiger partial charge >= 0.3 is 0 Å². The molecule has 0 fully saturated rings. The van der Waals surface area contributed by atoms with Crippen LogP contribution < -0.4 is 15.4 Å². The highest BCUT2D eigenvalue weighted by Gasteiger charge is 2.28. The molecule has 1 aliphatic heterocycles. The first kappa shape index (κ1) is 25.4. The molecule has 0 spiro atoms. The first-order valence-electron chi connectivity index (χ1n) is 13.1. The molecule has 0 unspecified atom stereocenters. The van der Waals surface area contributed by atoms with E-state index in [1.807, 2.05) is 31.2 Å². The van der Waals surface area contributed by atoms with E-state index in [1.165, 1.54) is 16.8 Å². The van der Waals surface area contributed by atoms with Gasteiger partial charge in [-0.05, 0) is 61.1 Å². The van der Waals surface area contributed by atoms with Gasteiger partial charge in [0.05, 0.1) is 12.2 Å².